The molecule has 1 nitrogen and oxygen atoms in total. The Bertz CT molecular complexity index is 468. The Labute approximate surface area is 133 Å². The van der Waals surface area contributed by atoms with E-state index in [9.17, 15) is 0 Å². The third-order valence-corrected chi connectivity index (χ3v) is 6.21. The van der Waals surface area contributed by atoms with E-state index in [0.29, 0.717) is 17.4 Å². The topological polar surface area (TPSA) is 12.0 Å². The maximum Gasteiger partial charge on any atom is 0.0362 e. The van der Waals surface area contributed by atoms with Crippen LogP contribution in [0.5, 0.6) is 0 Å². The number of nitrogens with one attached hydrogen (secondary N) is 1. The molecule has 2 rings (SSSR count). The predicted molar refractivity (Wildman–Crippen MR) is 89.5 cm³/mol. The minimum Gasteiger partial charge on any atom is -0.313 e. The lowest BCUT2D eigenvalue weighted by molar-refractivity contribution is 0.203. The van der Waals surface area contributed by atoms with Gasteiger partial charge in [-0.25, -0.2) is 0 Å². The molecule has 0 spiro atoms. The van der Waals surface area contributed by atoms with E-state index in [0.717, 1.165) is 0 Å². The number of benzene rings is 1. The van der Waals surface area contributed by atoms with E-state index in [1.807, 2.05) is 0 Å². The van der Waals surface area contributed by atoms with Crippen molar-refractivity contribution in [3.8, 4) is 0 Å². The van der Waals surface area contributed by atoms with Gasteiger partial charge >= 0.3 is 0 Å². The Morgan fingerprint density at radius 1 is 1.26 bits per heavy atom. The van der Waals surface area contributed by atoms with Crippen molar-refractivity contribution in [2.24, 2.45) is 11.3 Å². The lowest BCUT2D eigenvalue weighted by atomic mass is 9.75. The second kappa shape index (κ2) is 5.87. The first-order valence-electron chi connectivity index (χ1n) is 6.99. The first-order chi connectivity index (χ1) is 8.86. The van der Waals surface area contributed by atoms with Gasteiger partial charge in [0.2, 0.25) is 0 Å². The summed E-state index contributed by atoms with van der Waals surface area (Å²) in [5.41, 5.74) is 3.07. The van der Waals surface area contributed by atoms with Crippen molar-refractivity contribution in [2.45, 2.75) is 46.1 Å². The summed E-state index contributed by atoms with van der Waals surface area (Å²) in [5, 5.41) is 3.55. The fourth-order valence-corrected chi connectivity index (χ4v) is 4.51. The Kier molecular flexibility index (Phi) is 4.79. The van der Waals surface area contributed by atoms with Crippen LogP contribution in [-0.4, -0.2) is 7.05 Å². The summed E-state index contributed by atoms with van der Waals surface area (Å²) in [7, 11) is 2.08. The van der Waals surface area contributed by atoms with Crippen LogP contribution in [0.3, 0.4) is 0 Å². The van der Waals surface area contributed by atoms with E-state index in [2.05, 4.69) is 77.1 Å². The quantitative estimate of drug-likeness (QED) is 0.709. The molecule has 0 bridgehead atoms. The second-order valence-corrected chi connectivity index (χ2v) is 8.09. The lowest BCUT2D eigenvalue weighted by Crippen LogP contribution is -2.32. The number of aryl methyl sites for hydroxylation is 1. The van der Waals surface area contributed by atoms with Crippen molar-refractivity contribution in [2.75, 3.05) is 7.05 Å². The molecule has 2 atom stereocenters. The van der Waals surface area contributed by atoms with Crippen molar-refractivity contribution in [1.82, 2.24) is 5.32 Å². The highest BCUT2D eigenvalue weighted by Crippen LogP contribution is 2.49. The summed E-state index contributed by atoms with van der Waals surface area (Å²) >= 11 is 7.41. The summed E-state index contributed by atoms with van der Waals surface area (Å²) in [6, 6.07) is 4.91. The Morgan fingerprint density at radius 2 is 1.95 bits per heavy atom. The second-order valence-electron chi connectivity index (χ2n) is 6.38. The van der Waals surface area contributed by atoms with E-state index in [-0.39, 0.29) is 0 Å². The molecule has 0 heterocycles. The van der Waals surface area contributed by atoms with Gasteiger partial charge in [-0.1, -0.05) is 52.1 Å². The van der Waals surface area contributed by atoms with Gasteiger partial charge in [0.1, 0.15) is 0 Å². The maximum atomic E-state index is 3.75. The van der Waals surface area contributed by atoms with Gasteiger partial charge < -0.3 is 5.32 Å². The Hall–Kier alpha value is 0.140. The van der Waals surface area contributed by atoms with E-state index in [4.69, 9.17) is 0 Å². The number of hydrogen-bond acceptors (Lipinski definition) is 1. The molecular formula is C16H23Br2N. The zero-order valence-electron chi connectivity index (χ0n) is 12.2. The minimum absolute atomic E-state index is 0.420. The lowest BCUT2D eigenvalue weighted by Gasteiger charge is -2.35. The van der Waals surface area contributed by atoms with Gasteiger partial charge in [-0.3, -0.25) is 0 Å². The molecule has 0 radical (unpaired) electrons. The molecule has 1 saturated carbocycles. The molecule has 1 aliphatic rings. The van der Waals surface area contributed by atoms with Crippen molar-refractivity contribution >= 4 is 31.9 Å². The van der Waals surface area contributed by atoms with Crippen LogP contribution in [0.4, 0.5) is 0 Å². The maximum absolute atomic E-state index is 3.75. The molecule has 0 amide bonds. The van der Waals surface area contributed by atoms with Crippen LogP contribution in [0.1, 0.15) is 50.3 Å². The van der Waals surface area contributed by atoms with Crippen LogP contribution in [0.15, 0.2) is 21.1 Å². The van der Waals surface area contributed by atoms with Gasteiger partial charge in [0.15, 0.2) is 0 Å². The van der Waals surface area contributed by atoms with Crippen molar-refractivity contribution in [3.05, 3.63) is 32.2 Å². The van der Waals surface area contributed by atoms with Gasteiger partial charge in [-0.05, 0) is 61.4 Å². The predicted octanol–water partition coefficient (Wildman–Crippen LogP) is 5.61. The van der Waals surface area contributed by atoms with Crippen LogP contribution in [-0.2, 0) is 0 Å². The third-order valence-electron chi connectivity index (χ3n) is 4.67. The summed E-state index contributed by atoms with van der Waals surface area (Å²) in [6.45, 7) is 6.95. The molecular weight excluding hydrogens is 366 g/mol. The molecule has 2 unspecified atom stereocenters. The molecule has 1 aliphatic carbocycles. The molecule has 3 heteroatoms. The van der Waals surface area contributed by atoms with Crippen molar-refractivity contribution in [1.29, 1.82) is 0 Å². The fraction of sp³-hybridized carbons (Fsp3) is 0.625. The Morgan fingerprint density at radius 3 is 2.47 bits per heavy atom. The van der Waals surface area contributed by atoms with Gasteiger partial charge in [0.25, 0.3) is 0 Å². The van der Waals surface area contributed by atoms with Crippen LogP contribution in [0.25, 0.3) is 0 Å². The van der Waals surface area contributed by atoms with Gasteiger partial charge in [0, 0.05) is 15.0 Å². The zero-order chi connectivity index (χ0) is 14.2. The summed E-state index contributed by atoms with van der Waals surface area (Å²) in [4.78, 5) is 0. The van der Waals surface area contributed by atoms with E-state index >= 15 is 0 Å². The van der Waals surface area contributed by atoms with Crippen LogP contribution in [0.2, 0.25) is 0 Å². The van der Waals surface area contributed by atoms with Crippen molar-refractivity contribution < 1.29 is 0 Å². The van der Waals surface area contributed by atoms with Crippen LogP contribution in [0, 0.1) is 18.3 Å². The third kappa shape index (κ3) is 3.08. The van der Waals surface area contributed by atoms with Crippen LogP contribution < -0.4 is 5.32 Å². The molecule has 19 heavy (non-hydrogen) atoms. The molecule has 1 aromatic rings. The minimum atomic E-state index is 0.420. The monoisotopic (exact) mass is 387 g/mol. The number of rotatable bonds is 3. The molecule has 0 saturated heterocycles. The molecule has 1 fully saturated rings. The highest BCUT2D eigenvalue weighted by molar-refractivity contribution is 9.11. The SMILES string of the molecule is CNC(c1cc(Br)c(C)cc1Br)C1CCCC1(C)C. The normalized spacial score (nSPS) is 23.6. The van der Waals surface area contributed by atoms with E-state index < -0.39 is 0 Å². The summed E-state index contributed by atoms with van der Waals surface area (Å²) < 4.78 is 2.41. The molecule has 1 N–H and O–H groups in total. The van der Waals surface area contributed by atoms with Gasteiger partial charge in [-0.15, -0.1) is 0 Å². The highest BCUT2D eigenvalue weighted by atomic mass is 79.9. The number of hydrogen-bond donors (Lipinski definition) is 1. The number of halogens is 2. The summed E-state index contributed by atoms with van der Waals surface area (Å²) in [5.74, 6) is 0.698. The van der Waals surface area contributed by atoms with E-state index in [1.54, 1.807) is 0 Å². The highest BCUT2D eigenvalue weighted by Gasteiger charge is 2.40. The average Bonchev–Trinajstić information content (AvgIpc) is 2.67. The molecule has 0 aliphatic heterocycles. The standard InChI is InChI=1S/C16H23Br2N/c1-10-8-14(18)11(9-13(10)17)15(19-4)12-6-5-7-16(12,2)3/h8-9,12,15,19H,5-7H2,1-4H3. The fourth-order valence-electron chi connectivity index (χ4n) is 3.45. The first-order valence-corrected chi connectivity index (χ1v) is 8.58. The molecule has 1 aromatic carbocycles. The summed E-state index contributed by atoms with van der Waals surface area (Å²) in [6.07, 6.45) is 4.00. The average molecular weight is 389 g/mol. The zero-order valence-corrected chi connectivity index (χ0v) is 15.4. The molecule has 106 valence electrons. The van der Waals surface area contributed by atoms with Gasteiger partial charge in [0.05, 0.1) is 0 Å². The Balaban J connectivity index is 2.40. The largest absolute Gasteiger partial charge is 0.313 e. The first kappa shape index (κ1) is 15.5. The van der Waals surface area contributed by atoms with Crippen LogP contribution >= 0.6 is 31.9 Å². The van der Waals surface area contributed by atoms with E-state index in [1.165, 1.54) is 39.3 Å². The van der Waals surface area contributed by atoms with Gasteiger partial charge in [-0.2, -0.15) is 0 Å². The van der Waals surface area contributed by atoms with Crippen molar-refractivity contribution in [3.63, 3.8) is 0 Å². The smallest absolute Gasteiger partial charge is 0.0362 e. The molecule has 0 aromatic heterocycles.